The molecule has 2 atom stereocenters. The normalized spacial score (nSPS) is 21.1. The van der Waals surface area contributed by atoms with Crippen molar-refractivity contribution >= 4 is 17.5 Å². The molecule has 5 nitrogen and oxygen atoms in total. The second kappa shape index (κ2) is 8.66. The number of allylic oxidation sites excluding steroid dienone is 2. The average molecular weight is 403 g/mol. The highest BCUT2D eigenvalue weighted by atomic mass is 16.5. The Labute approximate surface area is 176 Å². The van der Waals surface area contributed by atoms with Gasteiger partial charge in [0, 0.05) is 35.7 Å². The Morgan fingerprint density at radius 2 is 1.93 bits per heavy atom. The van der Waals surface area contributed by atoms with Crippen LogP contribution in [0.25, 0.3) is 0 Å². The second-order valence-electron chi connectivity index (χ2n) is 7.84. The number of nitrogens with zero attached hydrogens (tertiary/aromatic N) is 1. The molecule has 4 rings (SSSR count). The van der Waals surface area contributed by atoms with Crippen LogP contribution >= 0.6 is 0 Å². The topological polar surface area (TPSA) is 76.0 Å². The summed E-state index contributed by atoms with van der Waals surface area (Å²) >= 11 is 0. The molecule has 1 unspecified atom stereocenters. The lowest BCUT2D eigenvalue weighted by atomic mass is 9.72. The first-order valence-electron chi connectivity index (χ1n) is 10.4. The van der Waals surface area contributed by atoms with E-state index in [0.29, 0.717) is 24.1 Å². The second-order valence-corrected chi connectivity index (χ2v) is 7.84. The number of ether oxygens (including phenoxy) is 1. The zero-order valence-corrected chi connectivity index (χ0v) is 17.0. The van der Waals surface area contributed by atoms with Gasteiger partial charge >= 0.3 is 5.97 Å². The molecule has 0 fully saturated rings. The molecule has 0 saturated carbocycles. The van der Waals surface area contributed by atoms with E-state index in [4.69, 9.17) is 4.74 Å². The minimum Gasteiger partial charge on any atom is -0.508 e. The third-order valence-electron chi connectivity index (χ3n) is 5.80. The zero-order valence-electron chi connectivity index (χ0n) is 17.0. The van der Waals surface area contributed by atoms with Gasteiger partial charge in [-0.05, 0) is 43.0 Å². The molecular formula is C25H25NO4. The maximum Gasteiger partial charge on any atom is 0.315 e. The van der Waals surface area contributed by atoms with E-state index in [9.17, 15) is 14.7 Å². The van der Waals surface area contributed by atoms with E-state index in [1.807, 2.05) is 43.3 Å². The van der Waals surface area contributed by atoms with Crippen LogP contribution in [-0.4, -0.2) is 29.2 Å². The third kappa shape index (κ3) is 4.06. The van der Waals surface area contributed by atoms with Crippen molar-refractivity contribution in [2.24, 2.45) is 10.9 Å². The van der Waals surface area contributed by atoms with Gasteiger partial charge in [0.25, 0.3) is 0 Å². The molecule has 1 heterocycles. The molecule has 0 radical (unpaired) electrons. The number of hydrogen-bond donors (Lipinski definition) is 1. The fourth-order valence-electron chi connectivity index (χ4n) is 4.39. The lowest BCUT2D eigenvalue weighted by Gasteiger charge is -2.34. The van der Waals surface area contributed by atoms with Crippen molar-refractivity contribution in [1.29, 1.82) is 0 Å². The number of phenols is 1. The fourth-order valence-corrected chi connectivity index (χ4v) is 4.39. The van der Waals surface area contributed by atoms with E-state index in [1.54, 1.807) is 18.2 Å². The maximum absolute atomic E-state index is 13.1. The molecule has 30 heavy (non-hydrogen) atoms. The Balaban J connectivity index is 1.63. The molecule has 0 aromatic heterocycles. The molecule has 1 aliphatic heterocycles. The van der Waals surface area contributed by atoms with Gasteiger partial charge in [-0.1, -0.05) is 42.5 Å². The van der Waals surface area contributed by atoms with Gasteiger partial charge < -0.3 is 9.84 Å². The Hall–Kier alpha value is -3.21. The van der Waals surface area contributed by atoms with Crippen LogP contribution in [0.2, 0.25) is 0 Å². The van der Waals surface area contributed by atoms with Gasteiger partial charge in [-0.15, -0.1) is 0 Å². The Kier molecular flexibility index (Phi) is 5.79. The van der Waals surface area contributed by atoms with E-state index in [-0.39, 0.29) is 24.1 Å². The van der Waals surface area contributed by atoms with Crippen LogP contribution in [0, 0.1) is 5.92 Å². The molecule has 2 aliphatic rings. The zero-order chi connectivity index (χ0) is 21.1. The summed E-state index contributed by atoms with van der Waals surface area (Å²) in [5.41, 5.74) is 3.85. The third-order valence-corrected chi connectivity index (χ3v) is 5.80. The average Bonchev–Trinajstić information content (AvgIpc) is 2.73. The molecular weight excluding hydrogens is 378 g/mol. The smallest absolute Gasteiger partial charge is 0.315 e. The summed E-state index contributed by atoms with van der Waals surface area (Å²) < 4.78 is 5.64. The molecule has 5 heteroatoms. The number of aromatic hydroxyl groups is 1. The van der Waals surface area contributed by atoms with E-state index >= 15 is 0 Å². The standard InChI is InChI=1S/C25H25NO4/c1-16-22(25(29)30-14-13-17-7-3-2-4-8-17)23(18-9-5-10-19(27)15-18)24-20(26-16)11-6-12-21(24)28/h2-5,7-10,15,22-23,27H,6,11-14H2,1H3/t22?,23-/m0/s1. The highest BCUT2D eigenvalue weighted by Crippen LogP contribution is 2.44. The lowest BCUT2D eigenvalue weighted by molar-refractivity contribution is -0.146. The van der Waals surface area contributed by atoms with Gasteiger partial charge in [0.2, 0.25) is 0 Å². The number of esters is 1. The molecule has 0 amide bonds. The number of rotatable bonds is 5. The molecule has 1 N–H and O–H groups in total. The summed E-state index contributed by atoms with van der Waals surface area (Å²) in [4.78, 5) is 30.6. The van der Waals surface area contributed by atoms with Gasteiger partial charge in [-0.2, -0.15) is 0 Å². The van der Waals surface area contributed by atoms with Gasteiger partial charge in [-0.3, -0.25) is 14.6 Å². The Bertz CT molecular complexity index is 1020. The number of ketones is 1. The molecule has 0 saturated heterocycles. The molecule has 2 aromatic rings. The highest BCUT2D eigenvalue weighted by Gasteiger charge is 2.43. The molecule has 0 spiro atoms. The first-order valence-corrected chi connectivity index (χ1v) is 10.4. The van der Waals surface area contributed by atoms with Crippen molar-refractivity contribution in [3.63, 3.8) is 0 Å². The number of phenolic OH excluding ortho intramolecular Hbond substituents is 1. The van der Waals surface area contributed by atoms with E-state index in [0.717, 1.165) is 29.7 Å². The monoisotopic (exact) mass is 403 g/mol. The van der Waals surface area contributed by atoms with Crippen molar-refractivity contribution < 1.29 is 19.4 Å². The van der Waals surface area contributed by atoms with Crippen molar-refractivity contribution in [1.82, 2.24) is 0 Å². The number of Topliss-reactive ketones (excluding diaryl/α,β-unsaturated/α-hetero) is 1. The maximum atomic E-state index is 13.1. The quantitative estimate of drug-likeness (QED) is 0.753. The van der Waals surface area contributed by atoms with Crippen LogP contribution in [-0.2, 0) is 20.7 Å². The van der Waals surface area contributed by atoms with Crippen LogP contribution in [0.15, 0.2) is 70.9 Å². The number of benzene rings is 2. The summed E-state index contributed by atoms with van der Waals surface area (Å²) in [5, 5.41) is 10.0. The Morgan fingerprint density at radius 3 is 2.70 bits per heavy atom. The van der Waals surface area contributed by atoms with Crippen LogP contribution in [0.1, 0.15) is 43.2 Å². The SMILES string of the molecule is CC1=NC2=C(C(=O)CCC2)[C@@H](c2cccc(O)c2)C1C(=O)OCCc1ccccc1. The van der Waals surface area contributed by atoms with E-state index in [2.05, 4.69) is 4.99 Å². The summed E-state index contributed by atoms with van der Waals surface area (Å²) in [5.74, 6) is -1.41. The Morgan fingerprint density at radius 1 is 1.13 bits per heavy atom. The fraction of sp³-hybridized carbons (Fsp3) is 0.320. The van der Waals surface area contributed by atoms with Crippen LogP contribution in [0.4, 0.5) is 0 Å². The largest absolute Gasteiger partial charge is 0.508 e. The number of carbonyl (C=O) groups excluding carboxylic acids is 2. The predicted octanol–water partition coefficient (Wildman–Crippen LogP) is 4.36. The summed E-state index contributed by atoms with van der Waals surface area (Å²) in [6, 6.07) is 16.6. The van der Waals surface area contributed by atoms with E-state index in [1.165, 1.54) is 0 Å². The van der Waals surface area contributed by atoms with Gasteiger partial charge in [-0.25, -0.2) is 0 Å². The number of aliphatic imine (C=N–C) groups is 1. The molecule has 1 aliphatic carbocycles. The number of hydrogen-bond acceptors (Lipinski definition) is 5. The highest BCUT2D eigenvalue weighted by molar-refractivity contribution is 6.08. The molecule has 0 bridgehead atoms. The van der Waals surface area contributed by atoms with Gasteiger partial charge in [0.05, 0.1) is 6.61 Å². The van der Waals surface area contributed by atoms with Gasteiger partial charge in [0.15, 0.2) is 5.78 Å². The van der Waals surface area contributed by atoms with Crippen LogP contribution < -0.4 is 0 Å². The first-order chi connectivity index (χ1) is 14.5. The molecule has 154 valence electrons. The lowest BCUT2D eigenvalue weighted by Crippen LogP contribution is -2.37. The first kappa shape index (κ1) is 20.1. The van der Waals surface area contributed by atoms with Crippen molar-refractivity contribution in [2.75, 3.05) is 6.61 Å². The predicted molar refractivity (Wildman–Crippen MR) is 114 cm³/mol. The summed E-state index contributed by atoms with van der Waals surface area (Å²) in [6.07, 6.45) is 2.58. The van der Waals surface area contributed by atoms with Crippen LogP contribution in [0.3, 0.4) is 0 Å². The van der Waals surface area contributed by atoms with Crippen LogP contribution in [0.5, 0.6) is 5.75 Å². The number of carbonyl (C=O) groups is 2. The minimum absolute atomic E-state index is 0.0305. The van der Waals surface area contributed by atoms with Gasteiger partial charge in [0.1, 0.15) is 11.7 Å². The molecule has 2 aromatic carbocycles. The summed E-state index contributed by atoms with van der Waals surface area (Å²) in [6.45, 7) is 2.08. The van der Waals surface area contributed by atoms with E-state index < -0.39 is 11.8 Å². The van der Waals surface area contributed by atoms with Crippen molar-refractivity contribution in [3.8, 4) is 5.75 Å². The van der Waals surface area contributed by atoms with Crippen molar-refractivity contribution in [2.45, 2.75) is 38.5 Å². The van der Waals surface area contributed by atoms with Crippen molar-refractivity contribution in [3.05, 3.63) is 77.0 Å². The summed E-state index contributed by atoms with van der Waals surface area (Å²) in [7, 11) is 0. The minimum atomic E-state index is -0.677.